The number of furan rings is 1. The number of aliphatic hydroxyl groups excluding tert-OH is 1. The molecule has 0 spiro atoms. The van der Waals surface area contributed by atoms with Crippen molar-refractivity contribution in [2.45, 2.75) is 6.10 Å². The molecule has 0 bridgehead atoms. The van der Waals surface area contributed by atoms with Crippen LogP contribution < -0.4 is 16.0 Å². The number of β-amino-alcohol motifs (C(OH)–C–C–N with tert-alkyl or cyclic N) is 1. The molecule has 2 aromatic heterocycles. The van der Waals surface area contributed by atoms with E-state index in [1.165, 1.54) is 17.6 Å². The average Bonchev–Trinajstić information content (AvgIpc) is 3.26. The third-order valence-corrected chi connectivity index (χ3v) is 4.54. The minimum absolute atomic E-state index is 0. The minimum atomic E-state index is -0.448. The fourth-order valence-corrected chi connectivity index (χ4v) is 3.18. The Morgan fingerprint density at radius 2 is 2.17 bits per heavy atom. The maximum Gasteiger partial charge on any atom is 0.291 e. The summed E-state index contributed by atoms with van der Waals surface area (Å²) in [7, 11) is 0. The van der Waals surface area contributed by atoms with Gasteiger partial charge < -0.3 is 25.5 Å². The monoisotopic (exact) mass is 371 g/mol. The lowest BCUT2D eigenvalue weighted by Gasteiger charge is -2.14. The lowest BCUT2D eigenvalue weighted by molar-refractivity contribution is 0.0928. The average molecular weight is 372 g/mol. The van der Waals surface area contributed by atoms with E-state index in [4.69, 9.17) is 4.42 Å². The smallest absolute Gasteiger partial charge is 0.291 e. The van der Waals surface area contributed by atoms with Crippen molar-refractivity contribution in [2.75, 3.05) is 25.0 Å². The third kappa shape index (κ3) is 4.15. The number of hydrogen-bond donors (Lipinski definition) is 4. The van der Waals surface area contributed by atoms with Crippen molar-refractivity contribution in [3.8, 4) is 0 Å². The Morgan fingerprint density at radius 3 is 2.83 bits per heavy atom. The Kier molecular flexibility index (Phi) is 6.38. The van der Waals surface area contributed by atoms with E-state index >= 15 is 0 Å². The number of aliphatic hydroxyl groups is 1. The highest BCUT2D eigenvalue weighted by molar-refractivity contribution is 7.14. The summed E-state index contributed by atoms with van der Waals surface area (Å²) in [5, 5.41) is 20.5. The highest BCUT2D eigenvalue weighted by Gasteiger charge is 2.26. The number of nitrogens with one attached hydrogen (secondary N) is 3. The first-order chi connectivity index (χ1) is 11.1. The predicted molar refractivity (Wildman–Crippen MR) is 92.9 cm³/mol. The van der Waals surface area contributed by atoms with Gasteiger partial charge in [-0.2, -0.15) is 0 Å². The highest BCUT2D eigenvalue weighted by Crippen LogP contribution is 2.24. The summed E-state index contributed by atoms with van der Waals surface area (Å²) in [6.07, 6.45) is 0.966. The summed E-state index contributed by atoms with van der Waals surface area (Å²) in [4.78, 5) is 24.3. The van der Waals surface area contributed by atoms with Crippen LogP contribution in [0.25, 0.3) is 0 Å². The fraction of sp³-hybridized carbons (Fsp3) is 0.333. The molecule has 0 saturated carbocycles. The molecule has 2 amide bonds. The van der Waals surface area contributed by atoms with Gasteiger partial charge in [-0.25, -0.2) is 0 Å². The second-order valence-corrected chi connectivity index (χ2v) is 6.21. The normalized spacial score (nSPS) is 19.5. The highest BCUT2D eigenvalue weighted by atomic mass is 35.5. The quantitative estimate of drug-likeness (QED) is 0.634. The minimum Gasteiger partial charge on any atom is -0.459 e. The topological polar surface area (TPSA) is 104 Å². The molecule has 130 valence electrons. The number of carbonyl (C=O) groups excluding carboxylic acids is 2. The zero-order valence-corrected chi connectivity index (χ0v) is 14.3. The first-order valence-electron chi connectivity index (χ1n) is 7.24. The number of amides is 2. The van der Waals surface area contributed by atoms with Gasteiger partial charge in [-0.1, -0.05) is 0 Å². The van der Waals surface area contributed by atoms with Crippen LogP contribution >= 0.6 is 23.7 Å². The van der Waals surface area contributed by atoms with Crippen molar-refractivity contribution < 1.29 is 19.1 Å². The number of halogens is 1. The van der Waals surface area contributed by atoms with Crippen molar-refractivity contribution in [3.05, 3.63) is 41.2 Å². The molecule has 2 aromatic rings. The van der Waals surface area contributed by atoms with Gasteiger partial charge in [-0.3, -0.25) is 9.59 Å². The van der Waals surface area contributed by atoms with E-state index in [0.29, 0.717) is 30.2 Å². The molecule has 9 heteroatoms. The van der Waals surface area contributed by atoms with Gasteiger partial charge in [0.2, 0.25) is 0 Å². The molecule has 1 aliphatic rings. The summed E-state index contributed by atoms with van der Waals surface area (Å²) >= 11 is 1.27. The maximum absolute atomic E-state index is 12.3. The number of carbonyl (C=O) groups is 2. The standard InChI is InChI=1S/C15H17N3O4S.ClH/c19-11-8-16-6-9(11)7-17-13(20)10-3-5-23-15(10)18-14(21)12-2-1-4-22-12;/h1-5,9,11,16,19H,6-8H2,(H,17,20)(H,18,21);1H. The molecule has 1 aliphatic heterocycles. The van der Waals surface area contributed by atoms with Crippen LogP contribution in [0.1, 0.15) is 20.9 Å². The molecular formula is C15H18ClN3O4S. The first kappa shape index (κ1) is 18.5. The molecule has 4 N–H and O–H groups in total. The second-order valence-electron chi connectivity index (χ2n) is 5.29. The van der Waals surface area contributed by atoms with Gasteiger partial charge in [0.1, 0.15) is 5.00 Å². The van der Waals surface area contributed by atoms with Gasteiger partial charge in [0.05, 0.1) is 17.9 Å². The lowest BCUT2D eigenvalue weighted by Crippen LogP contribution is -2.34. The van der Waals surface area contributed by atoms with Crippen LogP contribution in [0, 0.1) is 5.92 Å². The Labute approximate surface area is 148 Å². The van der Waals surface area contributed by atoms with Crippen LogP contribution in [-0.4, -0.2) is 42.7 Å². The first-order valence-corrected chi connectivity index (χ1v) is 8.12. The second kappa shape index (κ2) is 8.29. The molecule has 0 aliphatic carbocycles. The number of thiophene rings is 1. The summed E-state index contributed by atoms with van der Waals surface area (Å²) in [6, 6.07) is 4.83. The summed E-state index contributed by atoms with van der Waals surface area (Å²) < 4.78 is 5.03. The molecule has 7 nitrogen and oxygen atoms in total. The SMILES string of the molecule is Cl.O=C(Nc1sccc1C(=O)NCC1CNCC1O)c1ccco1. The van der Waals surface area contributed by atoms with E-state index in [1.807, 2.05) is 0 Å². The summed E-state index contributed by atoms with van der Waals surface area (Å²) in [5.74, 6) is -0.495. The Bertz CT molecular complexity index is 689. The van der Waals surface area contributed by atoms with Crippen LogP contribution in [-0.2, 0) is 0 Å². The van der Waals surface area contributed by atoms with Crippen LogP contribution in [0.3, 0.4) is 0 Å². The van der Waals surface area contributed by atoms with E-state index in [0.717, 1.165) is 0 Å². The lowest BCUT2D eigenvalue weighted by atomic mass is 10.1. The van der Waals surface area contributed by atoms with E-state index in [-0.39, 0.29) is 30.0 Å². The van der Waals surface area contributed by atoms with E-state index in [1.54, 1.807) is 23.6 Å². The molecular weight excluding hydrogens is 354 g/mol. The van der Waals surface area contributed by atoms with Crippen molar-refractivity contribution in [2.24, 2.45) is 5.92 Å². The van der Waals surface area contributed by atoms with Crippen LogP contribution in [0.2, 0.25) is 0 Å². The van der Waals surface area contributed by atoms with E-state index < -0.39 is 12.0 Å². The van der Waals surface area contributed by atoms with Crippen molar-refractivity contribution in [3.63, 3.8) is 0 Å². The Balaban J connectivity index is 0.00000208. The molecule has 3 rings (SSSR count). The molecule has 3 heterocycles. The van der Waals surface area contributed by atoms with Crippen LogP contribution in [0.5, 0.6) is 0 Å². The number of anilines is 1. The number of hydrogen-bond acceptors (Lipinski definition) is 6. The van der Waals surface area contributed by atoms with Crippen molar-refractivity contribution >= 4 is 40.6 Å². The summed E-state index contributed by atoms with van der Waals surface area (Å²) in [6.45, 7) is 1.60. The molecule has 0 radical (unpaired) electrons. The predicted octanol–water partition coefficient (Wildman–Crippen LogP) is 1.33. The molecule has 2 atom stereocenters. The van der Waals surface area contributed by atoms with Gasteiger partial charge >= 0.3 is 0 Å². The van der Waals surface area contributed by atoms with Gasteiger partial charge in [-0.05, 0) is 23.6 Å². The van der Waals surface area contributed by atoms with Gasteiger partial charge in [0, 0.05) is 25.6 Å². The Hall–Kier alpha value is -1.87. The van der Waals surface area contributed by atoms with Gasteiger partial charge in [-0.15, -0.1) is 23.7 Å². The summed E-state index contributed by atoms with van der Waals surface area (Å²) in [5.41, 5.74) is 0.398. The molecule has 0 aromatic carbocycles. The van der Waals surface area contributed by atoms with Crippen molar-refractivity contribution in [1.82, 2.24) is 10.6 Å². The zero-order chi connectivity index (χ0) is 16.2. The third-order valence-electron chi connectivity index (χ3n) is 3.71. The maximum atomic E-state index is 12.3. The van der Waals surface area contributed by atoms with Gasteiger partial charge in [0.25, 0.3) is 11.8 Å². The molecule has 2 unspecified atom stereocenters. The Morgan fingerprint density at radius 1 is 1.33 bits per heavy atom. The fourth-order valence-electron chi connectivity index (χ4n) is 2.40. The van der Waals surface area contributed by atoms with Crippen LogP contribution in [0.15, 0.2) is 34.3 Å². The van der Waals surface area contributed by atoms with Crippen molar-refractivity contribution in [1.29, 1.82) is 0 Å². The molecule has 24 heavy (non-hydrogen) atoms. The zero-order valence-electron chi connectivity index (χ0n) is 12.7. The van der Waals surface area contributed by atoms with E-state index in [9.17, 15) is 14.7 Å². The number of rotatable bonds is 5. The van der Waals surface area contributed by atoms with E-state index in [2.05, 4.69) is 16.0 Å². The molecule has 1 fully saturated rings. The van der Waals surface area contributed by atoms with Crippen LogP contribution in [0.4, 0.5) is 5.00 Å². The largest absolute Gasteiger partial charge is 0.459 e. The molecule has 1 saturated heterocycles. The van der Waals surface area contributed by atoms with Gasteiger partial charge in [0.15, 0.2) is 5.76 Å².